The first kappa shape index (κ1) is 24.7. The quantitative estimate of drug-likeness (QED) is 0.211. The third kappa shape index (κ3) is 9.38. The molecule has 3 aliphatic rings. The van der Waals surface area contributed by atoms with E-state index in [-0.39, 0.29) is 29.9 Å². The summed E-state index contributed by atoms with van der Waals surface area (Å²) in [6.45, 7) is 7.19. The predicted octanol–water partition coefficient (Wildman–Crippen LogP) is 2.68. The number of hydrogen-bond acceptors (Lipinski definition) is 4. The van der Waals surface area contributed by atoms with Crippen LogP contribution in [0.3, 0.4) is 0 Å². The van der Waals surface area contributed by atoms with E-state index < -0.39 is 0 Å². The molecule has 3 fully saturated rings. The van der Waals surface area contributed by atoms with Gasteiger partial charge in [0, 0.05) is 45.2 Å². The van der Waals surface area contributed by atoms with Crippen molar-refractivity contribution in [3.63, 3.8) is 0 Å². The largest absolute Gasteiger partial charge is 0.376 e. The number of carbonyl (C=O) groups is 1. The van der Waals surface area contributed by atoms with Crippen molar-refractivity contribution in [2.24, 2.45) is 4.99 Å². The zero-order valence-electron chi connectivity index (χ0n) is 17.9. The van der Waals surface area contributed by atoms with Gasteiger partial charge >= 0.3 is 0 Å². The van der Waals surface area contributed by atoms with Gasteiger partial charge in [0.2, 0.25) is 5.91 Å². The highest BCUT2D eigenvalue weighted by molar-refractivity contribution is 14.0. The Labute approximate surface area is 192 Å². The molecule has 0 spiro atoms. The Morgan fingerprint density at radius 3 is 2.62 bits per heavy atom. The van der Waals surface area contributed by atoms with Gasteiger partial charge in [-0.3, -0.25) is 9.79 Å². The number of piperidine rings is 1. The van der Waals surface area contributed by atoms with Crippen LogP contribution < -0.4 is 10.6 Å². The molecule has 1 unspecified atom stereocenters. The maximum atomic E-state index is 11.8. The lowest BCUT2D eigenvalue weighted by atomic mass is 10.1. The van der Waals surface area contributed by atoms with E-state index in [2.05, 4.69) is 22.5 Å². The number of amides is 1. The smallest absolute Gasteiger partial charge is 0.220 e. The molecule has 1 atom stereocenters. The average molecular weight is 522 g/mol. The number of guanidine groups is 1. The molecule has 8 heteroatoms. The molecule has 2 N–H and O–H groups in total. The van der Waals surface area contributed by atoms with Crippen molar-refractivity contribution in [2.45, 2.75) is 83.0 Å². The Hall–Kier alpha value is -0.610. The summed E-state index contributed by atoms with van der Waals surface area (Å²) in [6.07, 6.45) is 9.91. The van der Waals surface area contributed by atoms with Crippen LogP contribution in [0.15, 0.2) is 4.99 Å². The standard InChI is InChI=1S/C21H38N4O3.HI/c1-2-22-21(23-12-5-7-20(26)24-17-8-9-17)25-13-10-18(11-14-25)28-16-19-6-3-4-15-27-19;/h17-19H,2-16H2,1H3,(H,22,23)(H,24,26);1H. The molecular weight excluding hydrogens is 483 g/mol. The maximum absolute atomic E-state index is 11.8. The Bertz CT molecular complexity index is 502. The van der Waals surface area contributed by atoms with Gasteiger partial charge in [0.05, 0.1) is 18.8 Å². The molecule has 1 saturated carbocycles. The molecule has 2 heterocycles. The summed E-state index contributed by atoms with van der Waals surface area (Å²) < 4.78 is 11.9. The van der Waals surface area contributed by atoms with Gasteiger partial charge in [0.15, 0.2) is 5.96 Å². The van der Waals surface area contributed by atoms with Crippen LogP contribution in [-0.4, -0.2) is 74.4 Å². The van der Waals surface area contributed by atoms with Crippen LogP contribution in [0.1, 0.15) is 64.7 Å². The highest BCUT2D eigenvalue weighted by atomic mass is 127. The Morgan fingerprint density at radius 1 is 1.17 bits per heavy atom. The predicted molar refractivity (Wildman–Crippen MR) is 126 cm³/mol. The normalized spacial score (nSPS) is 23.4. The summed E-state index contributed by atoms with van der Waals surface area (Å²) >= 11 is 0. The lowest BCUT2D eigenvalue weighted by Crippen LogP contribution is -2.47. The topological polar surface area (TPSA) is 75.2 Å². The van der Waals surface area contributed by atoms with Crippen molar-refractivity contribution >= 4 is 35.8 Å². The van der Waals surface area contributed by atoms with Crippen molar-refractivity contribution in [3.8, 4) is 0 Å². The molecule has 0 bridgehead atoms. The van der Waals surface area contributed by atoms with Crippen LogP contribution in [0.5, 0.6) is 0 Å². The van der Waals surface area contributed by atoms with Crippen LogP contribution >= 0.6 is 24.0 Å². The lowest BCUT2D eigenvalue weighted by molar-refractivity contribution is -0.121. The van der Waals surface area contributed by atoms with Crippen LogP contribution in [0, 0.1) is 0 Å². The van der Waals surface area contributed by atoms with Crippen molar-refractivity contribution in [1.82, 2.24) is 15.5 Å². The van der Waals surface area contributed by atoms with Gasteiger partial charge in [-0.15, -0.1) is 24.0 Å². The molecule has 0 aromatic rings. The molecule has 168 valence electrons. The SMILES string of the molecule is CCNC(=NCCCC(=O)NC1CC1)N1CCC(OCC2CCCCO2)CC1.I. The molecule has 3 rings (SSSR count). The number of carbonyl (C=O) groups excluding carboxylic acids is 1. The zero-order chi connectivity index (χ0) is 19.6. The highest BCUT2D eigenvalue weighted by Crippen LogP contribution is 2.19. The van der Waals surface area contributed by atoms with E-state index in [1.54, 1.807) is 0 Å². The second-order valence-corrected chi connectivity index (χ2v) is 8.19. The zero-order valence-corrected chi connectivity index (χ0v) is 20.2. The minimum Gasteiger partial charge on any atom is -0.376 e. The molecule has 7 nitrogen and oxygen atoms in total. The molecule has 1 aliphatic carbocycles. The van der Waals surface area contributed by atoms with E-state index in [0.717, 1.165) is 77.3 Å². The summed E-state index contributed by atoms with van der Waals surface area (Å²) in [5.74, 6) is 1.14. The van der Waals surface area contributed by atoms with E-state index in [1.165, 1.54) is 12.8 Å². The number of aliphatic imine (C=N–C) groups is 1. The monoisotopic (exact) mass is 522 g/mol. The second kappa shape index (κ2) is 13.6. The molecule has 29 heavy (non-hydrogen) atoms. The van der Waals surface area contributed by atoms with Gasteiger partial charge in [-0.1, -0.05) is 0 Å². The Morgan fingerprint density at radius 2 is 1.97 bits per heavy atom. The lowest BCUT2D eigenvalue weighted by Gasteiger charge is -2.35. The van der Waals surface area contributed by atoms with E-state index in [9.17, 15) is 4.79 Å². The van der Waals surface area contributed by atoms with Crippen molar-refractivity contribution < 1.29 is 14.3 Å². The molecular formula is C21H39IN4O3. The minimum absolute atomic E-state index is 0. The average Bonchev–Trinajstić information content (AvgIpc) is 3.54. The Kier molecular flexibility index (Phi) is 11.6. The van der Waals surface area contributed by atoms with E-state index in [1.807, 2.05) is 0 Å². The minimum atomic E-state index is 0. The molecule has 1 amide bonds. The molecule has 2 aliphatic heterocycles. The summed E-state index contributed by atoms with van der Waals surface area (Å²) in [4.78, 5) is 18.8. The van der Waals surface area contributed by atoms with Gasteiger partial charge < -0.3 is 25.0 Å². The first-order valence-electron chi connectivity index (χ1n) is 11.3. The number of rotatable bonds is 9. The van der Waals surface area contributed by atoms with Crippen LogP contribution in [0.25, 0.3) is 0 Å². The third-order valence-corrected chi connectivity index (χ3v) is 5.63. The fourth-order valence-electron chi connectivity index (χ4n) is 3.79. The Balaban J connectivity index is 0.00000300. The number of nitrogens with zero attached hydrogens (tertiary/aromatic N) is 2. The first-order valence-corrected chi connectivity index (χ1v) is 11.3. The van der Waals surface area contributed by atoms with Gasteiger partial charge in [-0.25, -0.2) is 0 Å². The highest BCUT2D eigenvalue weighted by Gasteiger charge is 2.24. The number of likely N-dealkylation sites (tertiary alicyclic amines) is 1. The summed E-state index contributed by atoms with van der Waals surface area (Å²) in [5, 5.41) is 6.43. The summed E-state index contributed by atoms with van der Waals surface area (Å²) in [7, 11) is 0. The van der Waals surface area contributed by atoms with E-state index in [0.29, 0.717) is 31.2 Å². The van der Waals surface area contributed by atoms with Gasteiger partial charge in [-0.2, -0.15) is 0 Å². The number of hydrogen-bond donors (Lipinski definition) is 2. The van der Waals surface area contributed by atoms with Crippen molar-refractivity contribution in [2.75, 3.05) is 39.4 Å². The van der Waals surface area contributed by atoms with Gasteiger partial charge in [-0.05, 0) is 58.3 Å². The maximum Gasteiger partial charge on any atom is 0.220 e. The summed E-state index contributed by atoms with van der Waals surface area (Å²) in [5.41, 5.74) is 0. The van der Waals surface area contributed by atoms with Crippen LogP contribution in [0.2, 0.25) is 0 Å². The second-order valence-electron chi connectivity index (χ2n) is 8.19. The fraction of sp³-hybridized carbons (Fsp3) is 0.905. The van der Waals surface area contributed by atoms with Crippen molar-refractivity contribution in [3.05, 3.63) is 0 Å². The molecule has 0 aromatic carbocycles. The third-order valence-electron chi connectivity index (χ3n) is 5.63. The van der Waals surface area contributed by atoms with E-state index >= 15 is 0 Å². The molecule has 2 saturated heterocycles. The van der Waals surface area contributed by atoms with Crippen LogP contribution in [0.4, 0.5) is 0 Å². The molecule has 0 radical (unpaired) electrons. The van der Waals surface area contributed by atoms with Gasteiger partial charge in [0.25, 0.3) is 0 Å². The number of nitrogens with one attached hydrogen (secondary N) is 2. The fourth-order valence-corrected chi connectivity index (χ4v) is 3.79. The number of halogens is 1. The number of ether oxygens (including phenoxy) is 2. The van der Waals surface area contributed by atoms with Crippen molar-refractivity contribution in [1.29, 1.82) is 0 Å². The van der Waals surface area contributed by atoms with E-state index in [4.69, 9.17) is 14.5 Å². The first-order chi connectivity index (χ1) is 13.7. The summed E-state index contributed by atoms with van der Waals surface area (Å²) in [6, 6.07) is 0.446. The van der Waals surface area contributed by atoms with Gasteiger partial charge in [0.1, 0.15) is 0 Å². The molecule has 0 aromatic heterocycles. The van der Waals surface area contributed by atoms with Crippen LogP contribution in [-0.2, 0) is 14.3 Å².